The molecular formula is C42H26F6N4Zn. The van der Waals surface area contributed by atoms with Crippen molar-refractivity contribution in [3.05, 3.63) is 116 Å². The van der Waals surface area contributed by atoms with Crippen molar-refractivity contribution in [1.29, 1.82) is 0 Å². The third-order valence-electron chi connectivity index (χ3n) is 9.07. The second-order valence-corrected chi connectivity index (χ2v) is 12.6. The molecule has 0 atom stereocenters. The molecule has 0 N–H and O–H groups in total. The Bertz CT molecular complexity index is 2520. The first-order valence-electron chi connectivity index (χ1n) is 16.0. The van der Waals surface area contributed by atoms with Gasteiger partial charge in [0, 0.05) is 16.7 Å². The molecule has 4 nitrogen and oxygen atoms in total. The summed E-state index contributed by atoms with van der Waals surface area (Å²) in [6, 6.07) is 12.1. The molecule has 2 aliphatic rings. The molecule has 3 aromatic heterocycles. The number of terminal acetylenes is 2. The zero-order valence-electron chi connectivity index (χ0n) is 28.8. The van der Waals surface area contributed by atoms with Gasteiger partial charge in [-0.2, -0.15) is 26.3 Å². The standard InChI is InChI=1S/C42H26F6N4.Zn/c1-7-25-17-21(3)35(22(4)18-25)37-27-9-13-31(49-27)39(41(43,44)45)33-15-11-29(51-33)38(36-23(5)19-26(8-2)20-24(36)6)30-12-16-34(52-30)40(42(46,47)48)32-14-10-28(37)50-32;/h1-2,9-20H,3-6H3;/q-2;+2. The Hall–Kier alpha value is -5.64. The van der Waals surface area contributed by atoms with Gasteiger partial charge in [0.25, 0.3) is 0 Å². The van der Waals surface area contributed by atoms with Crippen molar-refractivity contribution in [2.24, 2.45) is 0 Å². The minimum atomic E-state index is -4.89. The van der Waals surface area contributed by atoms with E-state index < -0.39 is 45.9 Å². The maximum atomic E-state index is 15.0. The predicted molar refractivity (Wildman–Crippen MR) is 192 cm³/mol. The minimum absolute atomic E-state index is 0. The Morgan fingerprint density at radius 3 is 1.15 bits per heavy atom. The van der Waals surface area contributed by atoms with Crippen LogP contribution in [0.5, 0.6) is 0 Å². The fourth-order valence-electron chi connectivity index (χ4n) is 7.06. The summed E-state index contributed by atoms with van der Waals surface area (Å²) in [6.45, 7) is 7.02. The van der Waals surface area contributed by atoms with Crippen LogP contribution in [0.4, 0.5) is 26.3 Å². The van der Waals surface area contributed by atoms with Gasteiger partial charge in [-0.1, -0.05) is 36.1 Å². The molecule has 0 fully saturated rings. The second-order valence-electron chi connectivity index (χ2n) is 12.6. The molecule has 0 saturated carbocycles. The van der Waals surface area contributed by atoms with Gasteiger partial charge in [-0.3, -0.25) is 0 Å². The monoisotopic (exact) mass is 764 g/mol. The molecule has 0 spiro atoms. The average molecular weight is 766 g/mol. The number of benzene rings is 2. The Morgan fingerprint density at radius 1 is 0.491 bits per heavy atom. The average Bonchev–Trinajstić information content (AvgIpc) is 3.88. The van der Waals surface area contributed by atoms with Crippen molar-refractivity contribution >= 4 is 46.4 Å². The Morgan fingerprint density at radius 2 is 0.811 bits per heavy atom. The van der Waals surface area contributed by atoms with E-state index in [0.717, 1.165) is 0 Å². The molecule has 8 bridgehead atoms. The maximum absolute atomic E-state index is 15.0. The van der Waals surface area contributed by atoms with Gasteiger partial charge in [0.15, 0.2) is 0 Å². The SMILES string of the molecule is C#Cc1cc(C)c(-c2c3nc(c(C(F)(F)F)c4ccc([n-]4)c(-c4c(C)cc(C#C)cc4C)c4ccc([n-]4)c(C(F)(F)F)c4nc2C=C4)C=C3)c(C)c1.[Zn+2]. The van der Waals surface area contributed by atoms with Crippen LogP contribution < -0.4 is 9.97 Å². The molecule has 2 aromatic carbocycles. The van der Waals surface area contributed by atoms with Crippen LogP contribution in [0.1, 0.15) is 67.3 Å². The Balaban J connectivity index is 0.00000481. The van der Waals surface area contributed by atoms with Gasteiger partial charge in [0.1, 0.15) is 0 Å². The van der Waals surface area contributed by atoms with Crippen molar-refractivity contribution in [1.82, 2.24) is 19.9 Å². The van der Waals surface area contributed by atoms with E-state index in [4.69, 9.17) is 12.8 Å². The first-order valence-corrected chi connectivity index (χ1v) is 16.0. The second kappa shape index (κ2) is 13.4. The summed E-state index contributed by atoms with van der Waals surface area (Å²) in [5.74, 6) is 5.14. The third-order valence-corrected chi connectivity index (χ3v) is 9.07. The molecule has 5 heterocycles. The number of nitrogens with zero attached hydrogens (tertiary/aromatic N) is 4. The predicted octanol–water partition coefficient (Wildman–Crippen LogP) is 10.5. The summed E-state index contributed by atoms with van der Waals surface area (Å²) in [5, 5.41) is 0. The fraction of sp³-hybridized carbons (Fsp3) is 0.143. The van der Waals surface area contributed by atoms with Gasteiger partial charge in [0.2, 0.25) is 0 Å². The van der Waals surface area contributed by atoms with Crippen molar-refractivity contribution in [3.63, 3.8) is 0 Å². The zero-order valence-corrected chi connectivity index (χ0v) is 31.8. The summed E-state index contributed by atoms with van der Waals surface area (Å²) in [5.41, 5.74) is 1.72. The fourth-order valence-corrected chi connectivity index (χ4v) is 7.06. The number of aromatic nitrogens is 4. The topological polar surface area (TPSA) is 54.0 Å². The van der Waals surface area contributed by atoms with Gasteiger partial charge in [0.05, 0.1) is 33.9 Å². The molecule has 0 amide bonds. The number of hydrogen-bond acceptors (Lipinski definition) is 2. The van der Waals surface area contributed by atoms with Crippen molar-refractivity contribution in [2.75, 3.05) is 0 Å². The molecule has 53 heavy (non-hydrogen) atoms. The minimum Gasteiger partial charge on any atom is -0.657 e. The zero-order chi connectivity index (χ0) is 37.3. The van der Waals surface area contributed by atoms with E-state index in [-0.39, 0.29) is 53.0 Å². The van der Waals surface area contributed by atoms with Crippen LogP contribution in [0.15, 0.2) is 48.5 Å². The number of rotatable bonds is 2. The Kier molecular flexibility index (Phi) is 9.39. The number of hydrogen-bond donors (Lipinski definition) is 0. The molecule has 0 aliphatic carbocycles. The molecular weight excluding hydrogens is 740 g/mol. The molecule has 258 valence electrons. The van der Waals surface area contributed by atoms with Gasteiger partial charge in [-0.05, 0) is 115 Å². The van der Waals surface area contributed by atoms with Gasteiger partial charge < -0.3 is 9.97 Å². The molecule has 0 radical (unpaired) electrons. The van der Waals surface area contributed by atoms with Gasteiger partial charge >= 0.3 is 31.8 Å². The van der Waals surface area contributed by atoms with Crippen LogP contribution in [0.25, 0.3) is 68.6 Å². The van der Waals surface area contributed by atoms with E-state index in [1.54, 1.807) is 52.0 Å². The third kappa shape index (κ3) is 6.51. The van der Waals surface area contributed by atoms with E-state index in [9.17, 15) is 0 Å². The van der Waals surface area contributed by atoms with Crippen molar-refractivity contribution in [3.8, 4) is 46.9 Å². The van der Waals surface area contributed by atoms with Crippen LogP contribution in [0, 0.1) is 52.4 Å². The Labute approximate surface area is 313 Å². The summed E-state index contributed by atoms with van der Waals surface area (Å²) in [7, 11) is 0. The molecule has 0 unspecified atom stereocenters. The van der Waals surface area contributed by atoms with Gasteiger partial charge in [-0.15, -0.1) is 34.9 Å². The largest absolute Gasteiger partial charge is 2.00 e. The summed E-state index contributed by atoms with van der Waals surface area (Å²) >= 11 is 0. The first-order chi connectivity index (χ1) is 24.6. The number of fused-ring (bicyclic) bond motifs is 8. The molecule has 5 aromatic rings. The molecule has 11 heteroatoms. The van der Waals surface area contributed by atoms with Crippen LogP contribution in [0.2, 0.25) is 0 Å². The number of halogens is 6. The number of aryl methyl sites for hydroxylation is 4. The van der Waals surface area contributed by atoms with Crippen LogP contribution >= 0.6 is 0 Å². The van der Waals surface area contributed by atoms with E-state index in [1.807, 2.05) is 0 Å². The van der Waals surface area contributed by atoms with Gasteiger partial charge in [-0.25, -0.2) is 9.97 Å². The van der Waals surface area contributed by atoms with Crippen LogP contribution in [0.3, 0.4) is 0 Å². The van der Waals surface area contributed by atoms with Crippen LogP contribution in [-0.2, 0) is 31.8 Å². The molecule has 2 aliphatic heterocycles. The summed E-state index contributed by atoms with van der Waals surface area (Å²) in [4.78, 5) is 17.8. The van der Waals surface area contributed by atoms with E-state index in [1.165, 1.54) is 48.6 Å². The molecule has 7 rings (SSSR count). The summed E-state index contributed by atoms with van der Waals surface area (Å²) < 4.78 is 90.2. The van der Waals surface area contributed by atoms with E-state index in [0.29, 0.717) is 44.5 Å². The first kappa shape index (κ1) is 37.1. The normalized spacial score (nSPS) is 12.4. The quantitative estimate of drug-likeness (QED) is 0.0999. The van der Waals surface area contributed by atoms with Crippen LogP contribution in [-0.4, -0.2) is 9.97 Å². The van der Waals surface area contributed by atoms with E-state index in [2.05, 4.69) is 31.8 Å². The van der Waals surface area contributed by atoms with Crippen molar-refractivity contribution < 1.29 is 45.8 Å². The molecule has 0 saturated heterocycles. The smallest absolute Gasteiger partial charge is 0.657 e. The van der Waals surface area contributed by atoms with Crippen molar-refractivity contribution in [2.45, 2.75) is 40.0 Å². The summed E-state index contributed by atoms with van der Waals surface area (Å²) in [6.07, 6.45) is 6.76. The number of alkyl halides is 6. The maximum Gasteiger partial charge on any atom is 2.00 e. The van der Waals surface area contributed by atoms with E-state index >= 15 is 26.3 Å².